The fourth-order valence-corrected chi connectivity index (χ4v) is 3.20. The fourth-order valence-electron chi connectivity index (χ4n) is 3.20. The Morgan fingerprint density at radius 1 is 1.17 bits per heavy atom. The first kappa shape index (κ1) is 26.5. The minimum atomic E-state index is 0. The normalized spacial score (nSPS) is 13.7. The molecule has 30 heavy (non-hydrogen) atoms. The van der Waals surface area contributed by atoms with Crippen molar-refractivity contribution >= 4 is 35.8 Å². The van der Waals surface area contributed by atoms with Gasteiger partial charge in [0.25, 0.3) is 0 Å². The van der Waals surface area contributed by atoms with E-state index in [1.165, 1.54) is 0 Å². The predicted molar refractivity (Wildman–Crippen MR) is 132 cm³/mol. The van der Waals surface area contributed by atoms with Crippen LogP contribution in [0.3, 0.4) is 0 Å². The number of halogens is 1. The zero-order valence-electron chi connectivity index (χ0n) is 18.5. The molecule has 7 nitrogen and oxygen atoms in total. The molecule has 0 atom stereocenters. The standard InChI is InChI=1S/C22H36N4O3.HI/c1-4-23-22(24-11-10-21(27)26-12-6-7-13-26)25-17-19-9-8-18(3)16-20(19)29-15-14-28-5-2;/h8-9,16H,4-7,10-15,17H2,1-3H3,(H2,23,24,25);1H. The maximum Gasteiger partial charge on any atom is 0.224 e. The summed E-state index contributed by atoms with van der Waals surface area (Å²) in [5.41, 5.74) is 2.17. The Morgan fingerprint density at radius 2 is 1.93 bits per heavy atom. The van der Waals surface area contributed by atoms with Crippen LogP contribution in [0.4, 0.5) is 0 Å². The number of carbonyl (C=O) groups is 1. The zero-order chi connectivity index (χ0) is 20.9. The van der Waals surface area contributed by atoms with Gasteiger partial charge in [0.1, 0.15) is 12.4 Å². The number of nitrogens with zero attached hydrogens (tertiary/aromatic N) is 2. The molecule has 170 valence electrons. The first-order chi connectivity index (χ1) is 14.1. The molecule has 2 N–H and O–H groups in total. The molecule has 0 radical (unpaired) electrons. The van der Waals surface area contributed by atoms with Gasteiger partial charge in [-0.3, -0.25) is 4.79 Å². The second-order valence-corrected chi connectivity index (χ2v) is 7.12. The van der Waals surface area contributed by atoms with Crippen molar-refractivity contribution in [3.8, 4) is 5.75 Å². The zero-order valence-corrected chi connectivity index (χ0v) is 20.9. The lowest BCUT2D eigenvalue weighted by Gasteiger charge is -2.16. The van der Waals surface area contributed by atoms with Gasteiger partial charge in [0.15, 0.2) is 5.96 Å². The van der Waals surface area contributed by atoms with Gasteiger partial charge in [-0.1, -0.05) is 12.1 Å². The summed E-state index contributed by atoms with van der Waals surface area (Å²) in [6.45, 7) is 11.5. The van der Waals surface area contributed by atoms with Gasteiger partial charge in [0, 0.05) is 44.8 Å². The van der Waals surface area contributed by atoms with Gasteiger partial charge >= 0.3 is 0 Å². The summed E-state index contributed by atoms with van der Waals surface area (Å²) in [4.78, 5) is 18.8. The third-order valence-corrected chi connectivity index (χ3v) is 4.75. The molecule has 2 rings (SSSR count). The van der Waals surface area contributed by atoms with Crippen molar-refractivity contribution in [1.29, 1.82) is 0 Å². The maximum absolute atomic E-state index is 12.2. The van der Waals surface area contributed by atoms with E-state index in [-0.39, 0.29) is 29.9 Å². The van der Waals surface area contributed by atoms with Crippen LogP contribution >= 0.6 is 24.0 Å². The number of hydrogen-bond acceptors (Lipinski definition) is 4. The van der Waals surface area contributed by atoms with Gasteiger partial charge in [-0.15, -0.1) is 24.0 Å². The Labute approximate surface area is 198 Å². The maximum atomic E-state index is 12.2. The fraction of sp³-hybridized carbons (Fsp3) is 0.636. The molecule has 1 aliphatic rings. The highest BCUT2D eigenvalue weighted by Crippen LogP contribution is 2.21. The van der Waals surface area contributed by atoms with Crippen LogP contribution in [0.1, 0.15) is 44.2 Å². The summed E-state index contributed by atoms with van der Waals surface area (Å²) in [6.07, 6.45) is 2.73. The van der Waals surface area contributed by atoms with Gasteiger partial charge in [-0.25, -0.2) is 4.99 Å². The van der Waals surface area contributed by atoms with Crippen LogP contribution in [-0.4, -0.2) is 62.8 Å². The van der Waals surface area contributed by atoms with Crippen molar-refractivity contribution in [2.75, 3.05) is 46.0 Å². The number of nitrogens with one attached hydrogen (secondary N) is 2. The molecule has 0 aliphatic carbocycles. The topological polar surface area (TPSA) is 75.2 Å². The summed E-state index contributed by atoms with van der Waals surface area (Å²) in [6, 6.07) is 6.15. The molecule has 1 heterocycles. The molecular weight excluding hydrogens is 495 g/mol. The number of hydrogen-bond donors (Lipinski definition) is 2. The number of ether oxygens (including phenoxy) is 2. The van der Waals surface area contributed by atoms with E-state index in [1.807, 2.05) is 31.7 Å². The Hall–Kier alpha value is -1.55. The molecule has 1 aromatic rings. The number of likely N-dealkylation sites (tertiary alicyclic amines) is 1. The molecule has 8 heteroatoms. The van der Waals surface area contributed by atoms with E-state index in [0.717, 1.165) is 49.4 Å². The smallest absolute Gasteiger partial charge is 0.224 e. The van der Waals surface area contributed by atoms with Gasteiger partial charge in [0.2, 0.25) is 5.91 Å². The molecule has 1 amide bonds. The van der Waals surface area contributed by atoms with Crippen molar-refractivity contribution in [2.24, 2.45) is 4.99 Å². The molecule has 1 aromatic carbocycles. The predicted octanol–water partition coefficient (Wildman–Crippen LogP) is 3.10. The van der Waals surface area contributed by atoms with Gasteiger partial charge in [-0.05, 0) is 45.2 Å². The van der Waals surface area contributed by atoms with Crippen LogP contribution in [0, 0.1) is 6.92 Å². The Balaban J connectivity index is 0.00000450. The lowest BCUT2D eigenvalue weighted by Crippen LogP contribution is -2.39. The van der Waals surface area contributed by atoms with Crippen LogP contribution < -0.4 is 15.4 Å². The van der Waals surface area contributed by atoms with Crippen LogP contribution in [0.5, 0.6) is 5.75 Å². The highest BCUT2D eigenvalue weighted by Gasteiger charge is 2.17. The molecule has 0 bridgehead atoms. The monoisotopic (exact) mass is 532 g/mol. The highest BCUT2D eigenvalue weighted by molar-refractivity contribution is 14.0. The molecule has 1 aliphatic heterocycles. The number of guanidine groups is 1. The molecule has 1 fully saturated rings. The lowest BCUT2D eigenvalue weighted by atomic mass is 10.1. The number of rotatable bonds is 11. The van der Waals surface area contributed by atoms with Crippen LogP contribution in [-0.2, 0) is 16.1 Å². The molecular formula is C22H37IN4O3. The summed E-state index contributed by atoms with van der Waals surface area (Å²) in [7, 11) is 0. The molecule has 0 aromatic heterocycles. The lowest BCUT2D eigenvalue weighted by molar-refractivity contribution is -0.129. The first-order valence-electron chi connectivity index (χ1n) is 10.7. The van der Waals surface area contributed by atoms with Crippen molar-refractivity contribution in [3.63, 3.8) is 0 Å². The Kier molecular flexibility index (Phi) is 13.5. The van der Waals surface area contributed by atoms with E-state index in [0.29, 0.717) is 45.3 Å². The molecule has 1 saturated heterocycles. The average Bonchev–Trinajstić information content (AvgIpc) is 3.25. The molecule has 0 saturated carbocycles. The number of aliphatic imine (C=N–C) groups is 1. The van der Waals surface area contributed by atoms with E-state index in [9.17, 15) is 4.79 Å². The minimum absolute atomic E-state index is 0. The van der Waals surface area contributed by atoms with Crippen molar-refractivity contribution in [3.05, 3.63) is 29.3 Å². The van der Waals surface area contributed by atoms with E-state index < -0.39 is 0 Å². The quantitative estimate of drug-likeness (QED) is 0.198. The van der Waals surface area contributed by atoms with Crippen LogP contribution in [0.25, 0.3) is 0 Å². The first-order valence-corrected chi connectivity index (χ1v) is 10.7. The average molecular weight is 532 g/mol. The minimum Gasteiger partial charge on any atom is -0.491 e. The van der Waals surface area contributed by atoms with Gasteiger partial charge in [0.05, 0.1) is 13.2 Å². The third-order valence-electron chi connectivity index (χ3n) is 4.75. The van der Waals surface area contributed by atoms with Crippen molar-refractivity contribution < 1.29 is 14.3 Å². The van der Waals surface area contributed by atoms with E-state index in [1.54, 1.807) is 0 Å². The largest absolute Gasteiger partial charge is 0.491 e. The second kappa shape index (κ2) is 15.3. The van der Waals surface area contributed by atoms with Crippen molar-refractivity contribution in [1.82, 2.24) is 15.5 Å². The third kappa shape index (κ3) is 9.51. The number of amides is 1. The Bertz CT molecular complexity index is 664. The molecule has 0 spiro atoms. The summed E-state index contributed by atoms with van der Waals surface area (Å²) >= 11 is 0. The second-order valence-electron chi connectivity index (χ2n) is 7.12. The number of aryl methyl sites for hydroxylation is 1. The van der Waals surface area contributed by atoms with Crippen LogP contribution in [0.2, 0.25) is 0 Å². The summed E-state index contributed by atoms with van der Waals surface area (Å²) < 4.78 is 11.2. The molecule has 0 unspecified atom stereocenters. The van der Waals surface area contributed by atoms with Gasteiger partial charge < -0.3 is 25.0 Å². The van der Waals surface area contributed by atoms with E-state index in [2.05, 4.69) is 27.8 Å². The van der Waals surface area contributed by atoms with E-state index in [4.69, 9.17) is 9.47 Å². The summed E-state index contributed by atoms with van der Waals surface area (Å²) in [5.74, 6) is 1.77. The SMILES string of the molecule is CCNC(=NCc1ccc(C)cc1OCCOCC)NCCC(=O)N1CCCC1.I. The van der Waals surface area contributed by atoms with E-state index >= 15 is 0 Å². The van der Waals surface area contributed by atoms with Crippen molar-refractivity contribution in [2.45, 2.75) is 46.6 Å². The van der Waals surface area contributed by atoms with Gasteiger partial charge in [-0.2, -0.15) is 0 Å². The Morgan fingerprint density at radius 3 is 2.63 bits per heavy atom. The summed E-state index contributed by atoms with van der Waals surface area (Å²) in [5, 5.41) is 6.51. The highest BCUT2D eigenvalue weighted by atomic mass is 127. The number of benzene rings is 1. The van der Waals surface area contributed by atoms with Crippen LogP contribution in [0.15, 0.2) is 23.2 Å². The number of carbonyl (C=O) groups excluding carboxylic acids is 1.